The summed E-state index contributed by atoms with van der Waals surface area (Å²) in [5.41, 5.74) is 2.73. The zero-order valence-electron chi connectivity index (χ0n) is 12.3. The van der Waals surface area contributed by atoms with Crippen LogP contribution in [-0.4, -0.2) is 22.6 Å². The Hall–Kier alpha value is -2.82. The van der Waals surface area contributed by atoms with Gasteiger partial charge in [-0.15, -0.1) is 0 Å². The van der Waals surface area contributed by atoms with Gasteiger partial charge in [-0.1, -0.05) is 42.5 Å². The lowest BCUT2D eigenvalue weighted by atomic mass is 10.2. The Labute approximate surface area is 128 Å². The van der Waals surface area contributed by atoms with Gasteiger partial charge in [-0.3, -0.25) is 9.36 Å². The van der Waals surface area contributed by atoms with E-state index in [0.29, 0.717) is 5.95 Å². The van der Waals surface area contributed by atoms with Gasteiger partial charge in [-0.2, -0.15) is 0 Å². The van der Waals surface area contributed by atoms with Crippen molar-refractivity contribution in [2.75, 3.05) is 12.4 Å². The average Bonchev–Trinajstić information content (AvgIpc) is 2.92. The van der Waals surface area contributed by atoms with E-state index in [4.69, 9.17) is 4.74 Å². The number of imidazole rings is 1. The minimum absolute atomic E-state index is 0.128. The molecule has 0 fully saturated rings. The third-order valence-electron chi connectivity index (χ3n) is 3.41. The standard InChI is InChI=1S/C17H17N3O2/c1-18-17-19-14-9-5-6-10-15(14)20(17)11-16(21)22-12-13-7-3-2-4-8-13/h2-10H,11-12H2,1H3,(H,18,19). The second-order valence-corrected chi connectivity index (χ2v) is 4.91. The van der Waals surface area contributed by atoms with Crippen molar-refractivity contribution in [3.8, 4) is 0 Å². The number of carbonyl (C=O) groups is 1. The van der Waals surface area contributed by atoms with Crippen LogP contribution < -0.4 is 5.32 Å². The number of hydrogen-bond acceptors (Lipinski definition) is 4. The Morgan fingerprint density at radius 1 is 1.14 bits per heavy atom. The highest BCUT2D eigenvalue weighted by molar-refractivity contribution is 5.81. The summed E-state index contributed by atoms with van der Waals surface area (Å²) < 4.78 is 7.16. The quantitative estimate of drug-likeness (QED) is 0.735. The molecule has 0 saturated carbocycles. The molecule has 0 unspecified atom stereocenters. The monoisotopic (exact) mass is 295 g/mol. The van der Waals surface area contributed by atoms with E-state index < -0.39 is 0 Å². The summed E-state index contributed by atoms with van der Waals surface area (Å²) in [6.07, 6.45) is 0. The van der Waals surface area contributed by atoms with E-state index in [-0.39, 0.29) is 19.1 Å². The van der Waals surface area contributed by atoms with Gasteiger partial charge in [0, 0.05) is 7.05 Å². The van der Waals surface area contributed by atoms with Crippen LogP contribution in [0.25, 0.3) is 11.0 Å². The molecule has 1 heterocycles. The van der Waals surface area contributed by atoms with Crippen LogP contribution in [0.2, 0.25) is 0 Å². The van der Waals surface area contributed by atoms with E-state index in [1.807, 2.05) is 59.2 Å². The number of nitrogens with one attached hydrogen (secondary N) is 1. The topological polar surface area (TPSA) is 56.2 Å². The lowest BCUT2D eigenvalue weighted by Crippen LogP contribution is -2.15. The Balaban J connectivity index is 1.73. The van der Waals surface area contributed by atoms with Crippen LogP contribution >= 0.6 is 0 Å². The number of benzene rings is 2. The van der Waals surface area contributed by atoms with E-state index in [2.05, 4.69) is 10.3 Å². The van der Waals surface area contributed by atoms with Crippen LogP contribution in [0, 0.1) is 0 Å². The van der Waals surface area contributed by atoms with Crippen molar-refractivity contribution in [3.05, 3.63) is 60.2 Å². The number of rotatable bonds is 5. The maximum absolute atomic E-state index is 12.1. The van der Waals surface area contributed by atoms with Crippen LogP contribution in [0.5, 0.6) is 0 Å². The molecule has 0 atom stereocenters. The molecule has 22 heavy (non-hydrogen) atoms. The fourth-order valence-electron chi connectivity index (χ4n) is 2.34. The lowest BCUT2D eigenvalue weighted by Gasteiger charge is -2.09. The molecule has 0 radical (unpaired) electrons. The molecule has 0 aliphatic heterocycles. The molecule has 0 bridgehead atoms. The number of nitrogens with zero attached hydrogens (tertiary/aromatic N) is 2. The lowest BCUT2D eigenvalue weighted by molar-refractivity contribution is -0.145. The van der Waals surface area contributed by atoms with Crippen LogP contribution in [0.1, 0.15) is 5.56 Å². The highest BCUT2D eigenvalue weighted by Crippen LogP contribution is 2.19. The van der Waals surface area contributed by atoms with Gasteiger partial charge < -0.3 is 10.1 Å². The number of ether oxygens (including phenoxy) is 1. The predicted molar refractivity (Wildman–Crippen MR) is 85.5 cm³/mol. The smallest absolute Gasteiger partial charge is 0.326 e. The van der Waals surface area contributed by atoms with Gasteiger partial charge in [0.15, 0.2) is 0 Å². The van der Waals surface area contributed by atoms with Crippen LogP contribution in [0.15, 0.2) is 54.6 Å². The molecule has 0 aliphatic carbocycles. The van der Waals surface area contributed by atoms with Gasteiger partial charge in [0.2, 0.25) is 5.95 Å². The van der Waals surface area contributed by atoms with Crippen LogP contribution in [0.3, 0.4) is 0 Å². The molecule has 5 nitrogen and oxygen atoms in total. The SMILES string of the molecule is CNc1nc2ccccc2n1CC(=O)OCc1ccccc1. The molecule has 0 aliphatic rings. The third kappa shape index (κ3) is 2.93. The number of anilines is 1. The van der Waals surface area contributed by atoms with E-state index in [9.17, 15) is 4.79 Å². The van der Waals surface area contributed by atoms with Gasteiger partial charge in [0.05, 0.1) is 11.0 Å². The second-order valence-electron chi connectivity index (χ2n) is 4.91. The van der Waals surface area contributed by atoms with Gasteiger partial charge in [-0.25, -0.2) is 4.98 Å². The van der Waals surface area contributed by atoms with E-state index >= 15 is 0 Å². The molecule has 0 saturated heterocycles. The van der Waals surface area contributed by atoms with Gasteiger partial charge >= 0.3 is 5.97 Å². The van der Waals surface area contributed by atoms with Crippen molar-refractivity contribution in [2.24, 2.45) is 0 Å². The molecule has 1 N–H and O–H groups in total. The Kier molecular flexibility index (Phi) is 4.05. The first-order valence-electron chi connectivity index (χ1n) is 7.10. The van der Waals surface area contributed by atoms with Crippen LogP contribution in [-0.2, 0) is 22.7 Å². The van der Waals surface area contributed by atoms with Crippen molar-refractivity contribution in [1.29, 1.82) is 0 Å². The highest BCUT2D eigenvalue weighted by atomic mass is 16.5. The van der Waals surface area contributed by atoms with E-state index in [0.717, 1.165) is 16.6 Å². The zero-order valence-corrected chi connectivity index (χ0v) is 12.3. The summed E-state index contributed by atoms with van der Waals surface area (Å²) in [7, 11) is 1.78. The van der Waals surface area contributed by atoms with Crippen molar-refractivity contribution in [1.82, 2.24) is 9.55 Å². The van der Waals surface area contributed by atoms with Gasteiger partial charge in [0.25, 0.3) is 0 Å². The van der Waals surface area contributed by atoms with Gasteiger partial charge in [0.1, 0.15) is 13.2 Å². The van der Waals surface area contributed by atoms with Crippen LogP contribution in [0.4, 0.5) is 5.95 Å². The molecule has 3 aromatic rings. The summed E-state index contributed by atoms with van der Waals surface area (Å²) in [6, 6.07) is 17.3. The summed E-state index contributed by atoms with van der Waals surface area (Å²) in [4.78, 5) is 16.5. The van der Waals surface area contributed by atoms with E-state index in [1.165, 1.54) is 0 Å². The maximum Gasteiger partial charge on any atom is 0.326 e. The normalized spacial score (nSPS) is 10.6. The van der Waals surface area contributed by atoms with Crippen molar-refractivity contribution in [3.63, 3.8) is 0 Å². The average molecular weight is 295 g/mol. The number of hydrogen-bond donors (Lipinski definition) is 1. The number of carbonyl (C=O) groups excluding carboxylic acids is 1. The Morgan fingerprint density at radius 3 is 2.64 bits per heavy atom. The molecule has 1 aromatic heterocycles. The van der Waals surface area contributed by atoms with Crippen molar-refractivity contribution >= 4 is 23.0 Å². The first-order valence-corrected chi connectivity index (χ1v) is 7.10. The first kappa shape index (κ1) is 14.1. The maximum atomic E-state index is 12.1. The number of fused-ring (bicyclic) bond motifs is 1. The molecule has 2 aromatic carbocycles. The van der Waals surface area contributed by atoms with Crippen molar-refractivity contribution < 1.29 is 9.53 Å². The molecule has 5 heteroatoms. The largest absolute Gasteiger partial charge is 0.459 e. The molecule has 0 spiro atoms. The number of aromatic nitrogens is 2. The summed E-state index contributed by atoms with van der Waals surface area (Å²) in [5.74, 6) is 0.362. The highest BCUT2D eigenvalue weighted by Gasteiger charge is 2.13. The van der Waals surface area contributed by atoms with Gasteiger partial charge in [-0.05, 0) is 17.7 Å². The molecule has 3 rings (SSSR count). The Bertz CT molecular complexity index is 781. The summed E-state index contributed by atoms with van der Waals surface area (Å²) >= 11 is 0. The molecule has 0 amide bonds. The van der Waals surface area contributed by atoms with Crippen molar-refractivity contribution in [2.45, 2.75) is 13.2 Å². The molecular formula is C17H17N3O2. The minimum Gasteiger partial charge on any atom is -0.459 e. The molecule has 112 valence electrons. The summed E-state index contributed by atoms with van der Waals surface area (Å²) in [6.45, 7) is 0.407. The zero-order chi connectivity index (χ0) is 15.4. The fourth-order valence-corrected chi connectivity index (χ4v) is 2.34. The molecular weight excluding hydrogens is 278 g/mol. The Morgan fingerprint density at radius 2 is 1.86 bits per heavy atom. The third-order valence-corrected chi connectivity index (χ3v) is 3.41. The summed E-state index contributed by atoms with van der Waals surface area (Å²) in [5, 5.41) is 3.01. The fraction of sp³-hybridized carbons (Fsp3) is 0.176. The minimum atomic E-state index is -0.288. The first-order chi connectivity index (χ1) is 10.8. The number of para-hydroxylation sites is 2. The predicted octanol–water partition coefficient (Wildman–Crippen LogP) is 2.82. The van der Waals surface area contributed by atoms with E-state index in [1.54, 1.807) is 7.05 Å². The second kappa shape index (κ2) is 6.30. The number of esters is 1.